The quantitative estimate of drug-likeness (QED) is 0.819. The molecule has 1 aliphatic heterocycles. The van der Waals surface area contributed by atoms with E-state index in [-0.39, 0.29) is 5.60 Å². The van der Waals surface area contributed by atoms with E-state index in [0.29, 0.717) is 0 Å². The lowest BCUT2D eigenvalue weighted by molar-refractivity contribution is 0.0323. The van der Waals surface area contributed by atoms with Gasteiger partial charge in [-0.3, -0.25) is 0 Å². The van der Waals surface area contributed by atoms with Crippen molar-refractivity contribution >= 4 is 0 Å². The van der Waals surface area contributed by atoms with Gasteiger partial charge in [0, 0.05) is 13.1 Å². The Kier molecular flexibility index (Phi) is 2.57. The van der Waals surface area contributed by atoms with Gasteiger partial charge >= 0.3 is 0 Å². The number of rotatable bonds is 3. The van der Waals surface area contributed by atoms with Gasteiger partial charge < -0.3 is 14.8 Å². The van der Waals surface area contributed by atoms with Crippen LogP contribution in [0.3, 0.4) is 0 Å². The molecule has 0 unspecified atom stereocenters. The van der Waals surface area contributed by atoms with Gasteiger partial charge in [0.1, 0.15) is 5.60 Å². The summed E-state index contributed by atoms with van der Waals surface area (Å²) >= 11 is 0. The molecule has 3 nitrogen and oxygen atoms in total. The number of methoxy groups -OCH3 is 1. The minimum absolute atomic E-state index is 0.0823. The molecule has 0 aliphatic carbocycles. The van der Waals surface area contributed by atoms with Gasteiger partial charge in [0.15, 0.2) is 11.5 Å². The predicted molar refractivity (Wildman–Crippen MR) is 59.6 cm³/mol. The first-order valence-electron chi connectivity index (χ1n) is 5.18. The van der Waals surface area contributed by atoms with Crippen LogP contribution >= 0.6 is 0 Å². The third kappa shape index (κ3) is 1.92. The maximum absolute atomic E-state index is 5.95. The molecule has 1 aromatic carbocycles. The molecule has 1 saturated heterocycles. The van der Waals surface area contributed by atoms with Crippen LogP contribution < -0.4 is 14.8 Å². The molecule has 0 bridgehead atoms. The second-order valence-electron chi connectivity index (χ2n) is 4.26. The minimum Gasteiger partial charge on any atom is -0.493 e. The van der Waals surface area contributed by atoms with Crippen LogP contribution in [-0.2, 0) is 0 Å². The molecule has 0 radical (unpaired) electrons. The molecule has 1 heterocycles. The lowest BCUT2D eigenvalue weighted by Gasteiger charge is -2.39. The van der Waals surface area contributed by atoms with Gasteiger partial charge in [-0.05, 0) is 25.5 Å². The largest absolute Gasteiger partial charge is 0.493 e. The van der Waals surface area contributed by atoms with Gasteiger partial charge in [-0.25, -0.2) is 0 Å². The van der Waals surface area contributed by atoms with Crippen molar-refractivity contribution in [1.29, 1.82) is 0 Å². The summed E-state index contributed by atoms with van der Waals surface area (Å²) in [6.45, 7) is 5.91. The monoisotopic (exact) mass is 207 g/mol. The maximum atomic E-state index is 5.95. The third-order valence-corrected chi connectivity index (χ3v) is 2.73. The van der Waals surface area contributed by atoms with E-state index in [1.165, 1.54) is 0 Å². The van der Waals surface area contributed by atoms with Gasteiger partial charge in [0.25, 0.3) is 0 Å². The Hall–Kier alpha value is -1.22. The fourth-order valence-electron chi connectivity index (χ4n) is 1.78. The first-order valence-corrected chi connectivity index (χ1v) is 5.18. The lowest BCUT2D eigenvalue weighted by Crippen LogP contribution is -2.61. The maximum Gasteiger partial charge on any atom is 0.163 e. The SMILES string of the molecule is COc1c(C)cccc1OC1(C)CNC1. The zero-order valence-corrected chi connectivity index (χ0v) is 9.46. The predicted octanol–water partition coefficient (Wildman–Crippen LogP) is 1.74. The summed E-state index contributed by atoms with van der Waals surface area (Å²) in [7, 11) is 1.68. The van der Waals surface area contributed by atoms with E-state index in [1.54, 1.807) is 7.11 Å². The Morgan fingerprint density at radius 2 is 2.07 bits per heavy atom. The average molecular weight is 207 g/mol. The summed E-state index contributed by atoms with van der Waals surface area (Å²) in [6, 6.07) is 5.96. The molecule has 82 valence electrons. The van der Waals surface area contributed by atoms with Crippen LogP contribution in [0.15, 0.2) is 18.2 Å². The topological polar surface area (TPSA) is 30.5 Å². The number of ether oxygens (including phenoxy) is 2. The van der Waals surface area contributed by atoms with E-state index in [1.807, 2.05) is 25.1 Å². The summed E-state index contributed by atoms with van der Waals surface area (Å²) in [4.78, 5) is 0. The van der Waals surface area contributed by atoms with Crippen molar-refractivity contribution in [3.63, 3.8) is 0 Å². The average Bonchev–Trinajstić information content (AvgIpc) is 2.16. The summed E-state index contributed by atoms with van der Waals surface area (Å²) in [5.74, 6) is 1.67. The van der Waals surface area contributed by atoms with Crippen LogP contribution in [0.1, 0.15) is 12.5 Å². The smallest absolute Gasteiger partial charge is 0.163 e. The molecule has 1 aliphatic rings. The van der Waals surface area contributed by atoms with Gasteiger partial charge in [-0.2, -0.15) is 0 Å². The Labute approximate surface area is 90.4 Å². The van der Waals surface area contributed by atoms with Gasteiger partial charge in [0.05, 0.1) is 7.11 Å². The normalized spacial score (nSPS) is 18.1. The minimum atomic E-state index is -0.0823. The van der Waals surface area contributed by atoms with E-state index in [9.17, 15) is 0 Å². The van der Waals surface area contributed by atoms with E-state index in [4.69, 9.17) is 9.47 Å². The zero-order chi connectivity index (χ0) is 10.9. The number of para-hydroxylation sites is 1. The number of nitrogens with one attached hydrogen (secondary N) is 1. The second-order valence-corrected chi connectivity index (χ2v) is 4.26. The van der Waals surface area contributed by atoms with Crippen LogP contribution in [0, 0.1) is 6.92 Å². The molecule has 1 fully saturated rings. The van der Waals surface area contributed by atoms with Crippen molar-refractivity contribution in [3.8, 4) is 11.5 Å². The molecule has 1 aromatic rings. The van der Waals surface area contributed by atoms with E-state index in [0.717, 1.165) is 30.2 Å². The van der Waals surface area contributed by atoms with Crippen LogP contribution in [-0.4, -0.2) is 25.8 Å². The second kappa shape index (κ2) is 3.74. The van der Waals surface area contributed by atoms with Gasteiger partial charge in [-0.1, -0.05) is 12.1 Å². The van der Waals surface area contributed by atoms with E-state index >= 15 is 0 Å². The molecule has 0 aromatic heterocycles. The summed E-state index contributed by atoms with van der Waals surface area (Å²) < 4.78 is 11.3. The highest BCUT2D eigenvalue weighted by Crippen LogP contribution is 2.33. The highest BCUT2D eigenvalue weighted by Gasteiger charge is 2.34. The molecular weight excluding hydrogens is 190 g/mol. The molecule has 0 saturated carbocycles. The molecular formula is C12H17NO2. The zero-order valence-electron chi connectivity index (χ0n) is 9.46. The molecule has 15 heavy (non-hydrogen) atoms. The highest BCUT2D eigenvalue weighted by atomic mass is 16.5. The Morgan fingerprint density at radius 3 is 2.60 bits per heavy atom. The molecule has 0 atom stereocenters. The van der Waals surface area contributed by atoms with Crippen molar-refractivity contribution < 1.29 is 9.47 Å². The third-order valence-electron chi connectivity index (χ3n) is 2.73. The fraction of sp³-hybridized carbons (Fsp3) is 0.500. The summed E-state index contributed by atoms with van der Waals surface area (Å²) in [5, 5.41) is 3.21. The molecule has 2 rings (SSSR count). The summed E-state index contributed by atoms with van der Waals surface area (Å²) in [6.07, 6.45) is 0. The Balaban J connectivity index is 2.23. The number of benzene rings is 1. The molecule has 0 amide bonds. The van der Waals surface area contributed by atoms with Crippen LogP contribution in [0.4, 0.5) is 0 Å². The molecule has 0 spiro atoms. The van der Waals surface area contributed by atoms with Crippen LogP contribution in [0.25, 0.3) is 0 Å². The van der Waals surface area contributed by atoms with Crippen LogP contribution in [0.5, 0.6) is 11.5 Å². The van der Waals surface area contributed by atoms with Crippen molar-refractivity contribution in [2.45, 2.75) is 19.4 Å². The highest BCUT2D eigenvalue weighted by molar-refractivity contribution is 5.46. The first-order chi connectivity index (χ1) is 7.14. The molecule has 1 N–H and O–H groups in total. The Bertz CT molecular complexity index is 359. The fourth-order valence-corrected chi connectivity index (χ4v) is 1.78. The molecule has 3 heteroatoms. The van der Waals surface area contributed by atoms with Gasteiger partial charge in [-0.15, -0.1) is 0 Å². The standard InChI is InChI=1S/C12H17NO2/c1-9-5-4-6-10(11(9)14-3)15-12(2)7-13-8-12/h4-6,13H,7-8H2,1-3H3. The van der Waals surface area contributed by atoms with E-state index < -0.39 is 0 Å². The summed E-state index contributed by atoms with van der Waals surface area (Å²) in [5.41, 5.74) is 1.02. The van der Waals surface area contributed by atoms with Crippen molar-refractivity contribution in [2.75, 3.05) is 20.2 Å². The number of hydrogen-bond donors (Lipinski definition) is 1. The Morgan fingerprint density at radius 1 is 1.33 bits per heavy atom. The van der Waals surface area contributed by atoms with Gasteiger partial charge in [0.2, 0.25) is 0 Å². The number of aryl methyl sites for hydroxylation is 1. The number of hydrogen-bond acceptors (Lipinski definition) is 3. The van der Waals surface area contributed by atoms with Crippen LogP contribution in [0.2, 0.25) is 0 Å². The van der Waals surface area contributed by atoms with Crippen molar-refractivity contribution in [3.05, 3.63) is 23.8 Å². The van der Waals surface area contributed by atoms with Crippen molar-refractivity contribution in [2.24, 2.45) is 0 Å². The van der Waals surface area contributed by atoms with E-state index in [2.05, 4.69) is 12.2 Å². The first kappa shape index (κ1) is 10.3. The van der Waals surface area contributed by atoms with Crippen molar-refractivity contribution in [1.82, 2.24) is 5.32 Å². The lowest BCUT2D eigenvalue weighted by atomic mass is 10.00.